The van der Waals surface area contributed by atoms with Gasteiger partial charge in [-0.05, 0) is 48.2 Å². The molecule has 0 fully saturated rings. The molecule has 2 amide bonds. The lowest BCUT2D eigenvalue weighted by Crippen LogP contribution is -2.48. The van der Waals surface area contributed by atoms with Gasteiger partial charge in [0.1, 0.15) is 6.04 Å². The summed E-state index contributed by atoms with van der Waals surface area (Å²) in [5.41, 5.74) is 1.91. The molecule has 0 radical (unpaired) electrons. The Morgan fingerprint density at radius 3 is 2.48 bits per heavy atom. The summed E-state index contributed by atoms with van der Waals surface area (Å²) >= 11 is 5.97. The molecule has 3 rings (SSSR count). The zero-order valence-electron chi connectivity index (χ0n) is 16.6. The molecule has 6 nitrogen and oxygen atoms in total. The molecule has 0 aromatic heterocycles. The minimum absolute atomic E-state index is 0.0759. The van der Waals surface area contributed by atoms with Gasteiger partial charge in [-0.3, -0.25) is 9.59 Å². The van der Waals surface area contributed by atoms with Crippen molar-refractivity contribution in [3.05, 3.63) is 58.6 Å². The summed E-state index contributed by atoms with van der Waals surface area (Å²) in [6.07, 6.45) is 1.38. The highest BCUT2D eigenvalue weighted by atomic mass is 35.5. The number of benzene rings is 2. The van der Waals surface area contributed by atoms with Gasteiger partial charge in [0.2, 0.25) is 18.6 Å². The second kappa shape index (κ2) is 9.65. The molecule has 2 aromatic carbocycles. The fourth-order valence-electron chi connectivity index (χ4n) is 3.36. The van der Waals surface area contributed by atoms with Crippen LogP contribution >= 0.6 is 11.6 Å². The van der Waals surface area contributed by atoms with Crippen molar-refractivity contribution < 1.29 is 19.1 Å². The Morgan fingerprint density at radius 1 is 1.10 bits per heavy atom. The minimum Gasteiger partial charge on any atom is -0.454 e. The molecule has 0 spiro atoms. The number of aryl methyl sites for hydroxylation is 1. The summed E-state index contributed by atoms with van der Waals surface area (Å²) in [5, 5.41) is 3.30. The number of fused-ring (bicyclic) bond motifs is 1. The second-order valence-electron chi connectivity index (χ2n) is 6.87. The first kappa shape index (κ1) is 21.0. The van der Waals surface area contributed by atoms with Crippen LogP contribution in [0.25, 0.3) is 0 Å². The number of nitrogens with zero attached hydrogens (tertiary/aromatic N) is 1. The quantitative estimate of drug-likeness (QED) is 0.714. The number of nitrogens with one attached hydrogen (secondary N) is 1. The average Bonchev–Trinajstić information content (AvgIpc) is 3.21. The van der Waals surface area contributed by atoms with Crippen LogP contribution in [-0.2, 0) is 22.6 Å². The number of amides is 2. The maximum atomic E-state index is 13.1. The van der Waals surface area contributed by atoms with E-state index in [9.17, 15) is 9.59 Å². The van der Waals surface area contributed by atoms with E-state index in [1.165, 1.54) is 0 Å². The van der Waals surface area contributed by atoms with Crippen molar-refractivity contribution in [2.75, 3.05) is 13.8 Å². The Balaban J connectivity index is 1.73. The van der Waals surface area contributed by atoms with Crippen molar-refractivity contribution in [2.45, 2.75) is 38.8 Å². The lowest BCUT2D eigenvalue weighted by molar-refractivity contribution is -0.141. The van der Waals surface area contributed by atoms with Gasteiger partial charge in [-0.1, -0.05) is 36.7 Å². The number of carbonyl (C=O) groups is 2. The third kappa shape index (κ3) is 5.21. The van der Waals surface area contributed by atoms with Gasteiger partial charge in [-0.15, -0.1) is 0 Å². The molecule has 29 heavy (non-hydrogen) atoms. The first-order valence-electron chi connectivity index (χ1n) is 9.65. The van der Waals surface area contributed by atoms with Crippen LogP contribution in [0.3, 0.4) is 0 Å². The largest absolute Gasteiger partial charge is 0.454 e. The number of halogens is 1. The summed E-state index contributed by atoms with van der Waals surface area (Å²) in [4.78, 5) is 27.1. The summed E-state index contributed by atoms with van der Waals surface area (Å²) in [5.74, 6) is 1.17. The van der Waals surface area contributed by atoms with Crippen molar-refractivity contribution in [2.24, 2.45) is 0 Å². The van der Waals surface area contributed by atoms with E-state index in [-0.39, 0.29) is 18.6 Å². The molecule has 0 unspecified atom stereocenters. The number of likely N-dealkylation sites (N-methyl/N-ethyl adjacent to an activating group) is 1. The number of rotatable bonds is 8. The summed E-state index contributed by atoms with van der Waals surface area (Å²) in [6, 6.07) is 12.5. The van der Waals surface area contributed by atoms with E-state index >= 15 is 0 Å². The topological polar surface area (TPSA) is 67.9 Å². The van der Waals surface area contributed by atoms with Gasteiger partial charge in [0.25, 0.3) is 0 Å². The molecule has 1 atom stereocenters. The van der Waals surface area contributed by atoms with Crippen LogP contribution in [0.15, 0.2) is 42.5 Å². The number of carbonyl (C=O) groups excluding carboxylic acids is 2. The zero-order chi connectivity index (χ0) is 20.8. The molecule has 1 aliphatic heterocycles. The Labute approximate surface area is 175 Å². The highest BCUT2D eigenvalue weighted by Gasteiger charge is 2.27. The molecule has 0 saturated carbocycles. The van der Waals surface area contributed by atoms with Gasteiger partial charge in [0.15, 0.2) is 11.5 Å². The van der Waals surface area contributed by atoms with Crippen LogP contribution < -0.4 is 14.8 Å². The van der Waals surface area contributed by atoms with E-state index in [4.69, 9.17) is 21.1 Å². The summed E-state index contributed by atoms with van der Waals surface area (Å²) in [7, 11) is 1.59. The van der Waals surface area contributed by atoms with Crippen molar-refractivity contribution >= 4 is 23.4 Å². The molecule has 1 N–H and O–H groups in total. The van der Waals surface area contributed by atoms with Gasteiger partial charge in [-0.25, -0.2) is 0 Å². The Morgan fingerprint density at radius 2 is 1.79 bits per heavy atom. The van der Waals surface area contributed by atoms with E-state index in [1.54, 1.807) is 24.1 Å². The lowest BCUT2D eigenvalue weighted by Gasteiger charge is -2.30. The van der Waals surface area contributed by atoms with E-state index < -0.39 is 6.04 Å². The third-order valence-electron chi connectivity index (χ3n) is 4.96. The molecule has 0 aliphatic carbocycles. The van der Waals surface area contributed by atoms with Crippen LogP contribution in [0.5, 0.6) is 11.5 Å². The van der Waals surface area contributed by atoms with Gasteiger partial charge in [0.05, 0.1) is 0 Å². The van der Waals surface area contributed by atoms with Crippen LogP contribution in [0.2, 0.25) is 5.02 Å². The number of ether oxygens (including phenoxy) is 2. The van der Waals surface area contributed by atoms with Crippen molar-refractivity contribution in [3.63, 3.8) is 0 Å². The van der Waals surface area contributed by atoms with Gasteiger partial charge in [-0.2, -0.15) is 0 Å². The fraction of sp³-hybridized carbons (Fsp3) is 0.364. The summed E-state index contributed by atoms with van der Waals surface area (Å²) < 4.78 is 10.7. The Bertz CT molecular complexity index is 870. The first-order valence-corrected chi connectivity index (χ1v) is 10.0. The molecule has 1 heterocycles. The maximum absolute atomic E-state index is 13.1. The normalized spacial score (nSPS) is 13.1. The molecule has 2 aromatic rings. The third-order valence-corrected chi connectivity index (χ3v) is 5.21. The smallest absolute Gasteiger partial charge is 0.242 e. The number of hydrogen-bond acceptors (Lipinski definition) is 4. The van der Waals surface area contributed by atoms with Gasteiger partial charge >= 0.3 is 0 Å². The van der Waals surface area contributed by atoms with E-state index in [0.29, 0.717) is 36.6 Å². The molecule has 1 aliphatic rings. The molecular weight excluding hydrogens is 392 g/mol. The van der Waals surface area contributed by atoms with Crippen molar-refractivity contribution in [1.29, 1.82) is 0 Å². The predicted octanol–water partition coefficient (Wildman–Crippen LogP) is 3.55. The van der Waals surface area contributed by atoms with Crippen molar-refractivity contribution in [1.82, 2.24) is 10.2 Å². The Hall–Kier alpha value is -2.73. The molecule has 0 bridgehead atoms. The molecule has 0 saturated heterocycles. The minimum atomic E-state index is -0.528. The van der Waals surface area contributed by atoms with Gasteiger partial charge in [0, 0.05) is 25.0 Å². The first-order chi connectivity index (χ1) is 14.0. The highest BCUT2D eigenvalue weighted by Crippen LogP contribution is 2.32. The Kier molecular flexibility index (Phi) is 6.99. The standard InChI is InChI=1S/C22H25ClN2O4/c1-3-18(22(27)24-2)25(13-16-4-8-17(23)9-5-16)21(26)11-7-15-6-10-19-20(12-15)29-14-28-19/h4-6,8-10,12,18H,3,7,11,13-14H2,1-2H3,(H,24,27)/t18-/m1/s1. The van der Waals surface area contributed by atoms with Crippen LogP contribution in [0.4, 0.5) is 0 Å². The monoisotopic (exact) mass is 416 g/mol. The summed E-state index contributed by atoms with van der Waals surface area (Å²) in [6.45, 7) is 2.47. The average molecular weight is 417 g/mol. The van der Waals surface area contributed by atoms with Crippen molar-refractivity contribution in [3.8, 4) is 11.5 Å². The van der Waals surface area contributed by atoms with E-state index in [1.807, 2.05) is 37.3 Å². The maximum Gasteiger partial charge on any atom is 0.242 e. The molecule has 154 valence electrons. The molecular formula is C22H25ClN2O4. The SMILES string of the molecule is CC[C@H](C(=O)NC)N(Cc1ccc(Cl)cc1)C(=O)CCc1ccc2c(c1)OCO2. The zero-order valence-corrected chi connectivity index (χ0v) is 17.4. The van der Waals surface area contributed by atoms with E-state index in [2.05, 4.69) is 5.32 Å². The number of hydrogen-bond donors (Lipinski definition) is 1. The van der Waals surface area contributed by atoms with Gasteiger partial charge < -0.3 is 19.7 Å². The van der Waals surface area contributed by atoms with Crippen LogP contribution in [-0.4, -0.2) is 36.6 Å². The highest BCUT2D eigenvalue weighted by molar-refractivity contribution is 6.30. The van der Waals surface area contributed by atoms with Crippen LogP contribution in [0.1, 0.15) is 30.9 Å². The van der Waals surface area contributed by atoms with Crippen LogP contribution in [0, 0.1) is 0 Å². The second-order valence-corrected chi connectivity index (χ2v) is 7.31. The molecule has 7 heteroatoms. The van der Waals surface area contributed by atoms with E-state index in [0.717, 1.165) is 16.9 Å². The fourth-order valence-corrected chi connectivity index (χ4v) is 3.49. The lowest BCUT2D eigenvalue weighted by atomic mass is 10.1. The predicted molar refractivity (Wildman–Crippen MR) is 111 cm³/mol.